The van der Waals surface area contributed by atoms with Crippen LogP contribution in [0.4, 0.5) is 17.6 Å². The molecule has 0 radical (unpaired) electrons. The highest BCUT2D eigenvalue weighted by atomic mass is 15.2. The molecule has 0 fully saturated rings. The van der Waals surface area contributed by atoms with E-state index in [9.17, 15) is 0 Å². The Hall–Kier alpha value is -3.02. The molecule has 1 unspecified atom stereocenters. The molecule has 0 saturated heterocycles. The lowest BCUT2D eigenvalue weighted by Gasteiger charge is -2.15. The van der Waals surface area contributed by atoms with Crippen molar-refractivity contribution in [2.24, 2.45) is 0 Å². The van der Waals surface area contributed by atoms with Crippen molar-refractivity contribution in [1.82, 2.24) is 19.9 Å². The summed E-state index contributed by atoms with van der Waals surface area (Å²) in [6.45, 7) is 4.38. The van der Waals surface area contributed by atoms with Gasteiger partial charge in [-0.1, -0.05) is 56.5 Å². The van der Waals surface area contributed by atoms with Crippen molar-refractivity contribution in [3.8, 4) is 11.4 Å². The van der Waals surface area contributed by atoms with Crippen LogP contribution < -0.4 is 10.6 Å². The normalized spacial score (nSPS) is 11.8. The van der Waals surface area contributed by atoms with Gasteiger partial charge in [0.25, 0.3) is 0 Å². The van der Waals surface area contributed by atoms with E-state index < -0.39 is 0 Å². The number of benzene rings is 1. The molecule has 0 spiro atoms. The minimum absolute atomic E-state index is 0.302. The third-order valence-electron chi connectivity index (χ3n) is 4.22. The summed E-state index contributed by atoms with van der Waals surface area (Å²) in [6.07, 6.45) is 8.22. The zero-order chi connectivity index (χ0) is 18.9. The number of aromatic nitrogens is 4. The summed E-state index contributed by atoms with van der Waals surface area (Å²) in [5.74, 6) is 1.74. The van der Waals surface area contributed by atoms with Crippen LogP contribution in [0.5, 0.6) is 0 Å². The van der Waals surface area contributed by atoms with E-state index in [0.717, 1.165) is 17.7 Å². The second-order valence-corrected chi connectivity index (χ2v) is 6.57. The number of anilines is 3. The van der Waals surface area contributed by atoms with Crippen LogP contribution in [0.2, 0.25) is 0 Å². The maximum atomic E-state index is 4.63. The number of hydrogen-bond donors (Lipinski definition) is 2. The third-order valence-corrected chi connectivity index (χ3v) is 4.22. The van der Waals surface area contributed by atoms with E-state index in [1.165, 1.54) is 19.3 Å². The number of pyridine rings is 1. The van der Waals surface area contributed by atoms with Crippen LogP contribution in [-0.2, 0) is 0 Å². The quantitative estimate of drug-likeness (QED) is 0.518. The van der Waals surface area contributed by atoms with Crippen molar-refractivity contribution in [2.75, 3.05) is 10.6 Å². The molecule has 6 heteroatoms. The molecule has 1 aromatic carbocycles. The van der Waals surface area contributed by atoms with Gasteiger partial charge in [-0.25, -0.2) is 0 Å². The molecule has 6 nitrogen and oxygen atoms in total. The number of nitrogens with one attached hydrogen (secondary N) is 2. The topological polar surface area (TPSA) is 75.6 Å². The number of hydrogen-bond acceptors (Lipinski definition) is 6. The van der Waals surface area contributed by atoms with Gasteiger partial charge >= 0.3 is 0 Å². The van der Waals surface area contributed by atoms with Crippen LogP contribution in [0.1, 0.15) is 39.5 Å². The number of rotatable bonds is 9. The minimum atomic E-state index is 0.302. The largest absolute Gasteiger partial charge is 0.352 e. The zero-order valence-electron chi connectivity index (χ0n) is 15.9. The minimum Gasteiger partial charge on any atom is -0.352 e. The van der Waals surface area contributed by atoms with E-state index in [1.54, 1.807) is 12.4 Å². The van der Waals surface area contributed by atoms with Gasteiger partial charge in [0, 0.05) is 29.7 Å². The fraction of sp³-hybridized carbons (Fsp3) is 0.333. The van der Waals surface area contributed by atoms with E-state index in [4.69, 9.17) is 0 Å². The Morgan fingerprint density at radius 1 is 0.889 bits per heavy atom. The molecule has 2 N–H and O–H groups in total. The molecule has 0 aliphatic rings. The van der Waals surface area contributed by atoms with Gasteiger partial charge in [-0.15, -0.1) is 0 Å². The number of unbranched alkanes of at least 4 members (excludes halogenated alkanes) is 2. The summed E-state index contributed by atoms with van der Waals surface area (Å²) < 4.78 is 0. The molecule has 0 saturated carbocycles. The Balaban J connectivity index is 1.84. The first-order chi connectivity index (χ1) is 13.2. The highest BCUT2D eigenvalue weighted by Crippen LogP contribution is 2.20. The van der Waals surface area contributed by atoms with Crippen LogP contribution >= 0.6 is 0 Å². The fourth-order valence-corrected chi connectivity index (χ4v) is 2.77. The molecule has 140 valence electrons. The van der Waals surface area contributed by atoms with Crippen LogP contribution in [0, 0.1) is 0 Å². The molecule has 3 rings (SSSR count). The van der Waals surface area contributed by atoms with Crippen LogP contribution in [0.15, 0.2) is 54.9 Å². The summed E-state index contributed by atoms with van der Waals surface area (Å²) in [7, 11) is 0. The maximum Gasteiger partial charge on any atom is 0.232 e. The molecule has 3 aromatic rings. The van der Waals surface area contributed by atoms with Gasteiger partial charge in [0.05, 0.1) is 0 Å². The van der Waals surface area contributed by atoms with Crippen LogP contribution in [-0.4, -0.2) is 26.0 Å². The van der Waals surface area contributed by atoms with Crippen molar-refractivity contribution in [1.29, 1.82) is 0 Å². The predicted octanol–water partition coefficient (Wildman–Crippen LogP) is 5.06. The van der Waals surface area contributed by atoms with E-state index >= 15 is 0 Å². The molecule has 0 aliphatic heterocycles. The van der Waals surface area contributed by atoms with Crippen molar-refractivity contribution >= 4 is 17.6 Å². The lowest BCUT2D eigenvalue weighted by Crippen LogP contribution is -2.18. The fourth-order valence-electron chi connectivity index (χ4n) is 2.77. The van der Waals surface area contributed by atoms with Gasteiger partial charge in [0.2, 0.25) is 11.9 Å². The summed E-state index contributed by atoms with van der Waals surface area (Å²) >= 11 is 0. The first-order valence-corrected chi connectivity index (χ1v) is 9.49. The Morgan fingerprint density at radius 2 is 1.63 bits per heavy atom. The van der Waals surface area contributed by atoms with Crippen LogP contribution in [0.25, 0.3) is 11.4 Å². The lowest BCUT2D eigenvalue weighted by atomic mass is 10.1. The van der Waals surface area contributed by atoms with Crippen molar-refractivity contribution in [2.45, 2.75) is 45.6 Å². The Bertz CT molecular complexity index is 823. The first kappa shape index (κ1) is 18.8. The first-order valence-electron chi connectivity index (χ1n) is 9.49. The van der Waals surface area contributed by atoms with Gasteiger partial charge in [0.1, 0.15) is 0 Å². The smallest absolute Gasteiger partial charge is 0.232 e. The summed E-state index contributed by atoms with van der Waals surface area (Å²) in [4.78, 5) is 17.8. The van der Waals surface area contributed by atoms with Gasteiger partial charge in [-0.3, -0.25) is 4.98 Å². The second-order valence-electron chi connectivity index (χ2n) is 6.57. The number of nitrogens with zero attached hydrogens (tertiary/aromatic N) is 4. The average molecular weight is 362 g/mol. The summed E-state index contributed by atoms with van der Waals surface area (Å²) in [5.41, 5.74) is 1.84. The van der Waals surface area contributed by atoms with E-state index in [-0.39, 0.29) is 0 Å². The molecule has 27 heavy (non-hydrogen) atoms. The van der Waals surface area contributed by atoms with Gasteiger partial charge in [-0.05, 0) is 25.5 Å². The molecule has 0 amide bonds. The highest BCUT2D eigenvalue weighted by molar-refractivity contribution is 5.60. The van der Waals surface area contributed by atoms with Crippen molar-refractivity contribution in [3.63, 3.8) is 0 Å². The summed E-state index contributed by atoms with van der Waals surface area (Å²) in [6, 6.07) is 14.0. The summed E-state index contributed by atoms with van der Waals surface area (Å²) in [5, 5.41) is 6.66. The molecule has 2 heterocycles. The van der Waals surface area contributed by atoms with Crippen molar-refractivity contribution < 1.29 is 0 Å². The van der Waals surface area contributed by atoms with E-state index in [0.29, 0.717) is 23.8 Å². The van der Waals surface area contributed by atoms with Crippen molar-refractivity contribution in [3.05, 3.63) is 54.9 Å². The third kappa shape index (κ3) is 5.74. The molecular formula is C21H26N6. The molecule has 1 atom stereocenters. The standard InChI is InChI=1S/C21H26N6/c1-3-4-6-9-16(2)23-20-25-19(17-10-7-5-8-11-17)26-21(27-20)24-18-12-14-22-15-13-18/h5,7-8,10-16H,3-4,6,9H2,1-2H3,(H2,22,23,24,25,26,27). The van der Waals surface area contributed by atoms with Gasteiger partial charge in [0.15, 0.2) is 5.82 Å². The van der Waals surface area contributed by atoms with Gasteiger partial charge in [-0.2, -0.15) is 15.0 Å². The van der Waals surface area contributed by atoms with Gasteiger partial charge < -0.3 is 10.6 Å². The highest BCUT2D eigenvalue weighted by Gasteiger charge is 2.11. The SMILES string of the molecule is CCCCCC(C)Nc1nc(Nc2ccncc2)nc(-c2ccccc2)n1. The Morgan fingerprint density at radius 3 is 2.37 bits per heavy atom. The Labute approximate surface area is 160 Å². The second kappa shape index (κ2) is 9.62. The monoisotopic (exact) mass is 362 g/mol. The van der Waals surface area contributed by atoms with E-state index in [1.807, 2.05) is 42.5 Å². The lowest BCUT2D eigenvalue weighted by molar-refractivity contribution is 0.612. The maximum absolute atomic E-state index is 4.63. The zero-order valence-corrected chi connectivity index (χ0v) is 15.9. The molecule has 2 aromatic heterocycles. The average Bonchev–Trinajstić information content (AvgIpc) is 2.69. The predicted molar refractivity (Wildman–Crippen MR) is 110 cm³/mol. The molecule has 0 aliphatic carbocycles. The van der Waals surface area contributed by atoms with E-state index in [2.05, 4.69) is 44.4 Å². The molecular weight excluding hydrogens is 336 g/mol. The Kier molecular flexibility index (Phi) is 6.68. The van der Waals surface area contributed by atoms with Crippen LogP contribution in [0.3, 0.4) is 0 Å². The molecule has 0 bridgehead atoms.